The minimum absolute atomic E-state index is 0.00302. The molecule has 3 rings (SSSR count). The van der Waals surface area contributed by atoms with Crippen molar-refractivity contribution >= 4 is 27.3 Å². The molecule has 0 saturated heterocycles. The van der Waals surface area contributed by atoms with Crippen molar-refractivity contribution in [2.75, 3.05) is 0 Å². The van der Waals surface area contributed by atoms with Crippen LogP contribution in [0.4, 0.5) is 0 Å². The molecule has 1 aromatic heterocycles. The summed E-state index contributed by atoms with van der Waals surface area (Å²) in [4.78, 5) is 1.21. The summed E-state index contributed by atoms with van der Waals surface area (Å²) in [6.45, 7) is 0. The van der Waals surface area contributed by atoms with Gasteiger partial charge in [-0.25, -0.2) is 0 Å². The van der Waals surface area contributed by atoms with Crippen LogP contribution in [-0.4, -0.2) is 0 Å². The molecule has 0 bridgehead atoms. The monoisotopic (exact) mass is 321 g/mol. The normalized spacial score (nSPS) is 17.4. The first-order valence-corrected chi connectivity index (χ1v) is 7.95. The summed E-state index contributed by atoms with van der Waals surface area (Å²) in [5.41, 5.74) is 8.97. The van der Waals surface area contributed by atoms with Crippen LogP contribution >= 0.6 is 27.3 Å². The van der Waals surface area contributed by atoms with Gasteiger partial charge in [-0.2, -0.15) is 0 Å². The van der Waals surface area contributed by atoms with Gasteiger partial charge in [0, 0.05) is 4.88 Å². The Kier molecular flexibility index (Phi) is 3.55. The third-order valence-electron chi connectivity index (χ3n) is 3.77. The molecule has 0 spiro atoms. The number of nitrogens with two attached hydrogens (primary N) is 1. The number of benzene rings is 1. The average Bonchev–Trinajstić information content (AvgIpc) is 2.74. The predicted octanol–water partition coefficient (Wildman–Crippen LogP) is 4.83. The van der Waals surface area contributed by atoms with E-state index in [1.807, 2.05) is 0 Å². The van der Waals surface area contributed by atoms with E-state index in [2.05, 4.69) is 52.3 Å². The van der Waals surface area contributed by atoms with Gasteiger partial charge in [0.05, 0.1) is 9.83 Å². The standard InChI is InChI=1S/C15H16BrNS/c16-14-9-8-13(18-14)15(17)12-6-4-11(5-7-12)10-2-1-3-10/h4-10,15H,1-3,17H2. The van der Waals surface area contributed by atoms with E-state index in [0.717, 1.165) is 9.70 Å². The lowest BCUT2D eigenvalue weighted by Gasteiger charge is -2.26. The predicted molar refractivity (Wildman–Crippen MR) is 81.1 cm³/mol. The second kappa shape index (κ2) is 5.16. The van der Waals surface area contributed by atoms with Crippen molar-refractivity contribution in [2.24, 2.45) is 5.73 Å². The van der Waals surface area contributed by atoms with Gasteiger partial charge in [-0.1, -0.05) is 30.7 Å². The van der Waals surface area contributed by atoms with E-state index in [9.17, 15) is 0 Å². The van der Waals surface area contributed by atoms with Crippen LogP contribution in [-0.2, 0) is 0 Å². The maximum atomic E-state index is 6.29. The number of rotatable bonds is 3. The van der Waals surface area contributed by atoms with E-state index >= 15 is 0 Å². The zero-order valence-electron chi connectivity index (χ0n) is 10.1. The fourth-order valence-electron chi connectivity index (χ4n) is 2.38. The van der Waals surface area contributed by atoms with Crippen LogP contribution in [0.2, 0.25) is 0 Å². The van der Waals surface area contributed by atoms with Crippen LogP contribution in [0.5, 0.6) is 0 Å². The van der Waals surface area contributed by atoms with E-state index in [1.165, 1.54) is 35.3 Å². The largest absolute Gasteiger partial charge is 0.320 e. The Balaban J connectivity index is 1.79. The van der Waals surface area contributed by atoms with E-state index in [4.69, 9.17) is 5.73 Å². The molecular weight excluding hydrogens is 306 g/mol. The third-order valence-corrected chi connectivity index (χ3v) is 5.48. The summed E-state index contributed by atoms with van der Waals surface area (Å²) in [7, 11) is 0. The quantitative estimate of drug-likeness (QED) is 0.861. The summed E-state index contributed by atoms with van der Waals surface area (Å²) in [6.07, 6.45) is 4.09. The zero-order chi connectivity index (χ0) is 12.5. The number of hydrogen-bond acceptors (Lipinski definition) is 2. The van der Waals surface area contributed by atoms with Crippen molar-refractivity contribution < 1.29 is 0 Å². The third kappa shape index (κ3) is 2.40. The van der Waals surface area contributed by atoms with E-state index in [1.54, 1.807) is 11.3 Å². The van der Waals surface area contributed by atoms with Gasteiger partial charge >= 0.3 is 0 Å². The Morgan fingerprint density at radius 1 is 1.11 bits per heavy atom. The summed E-state index contributed by atoms with van der Waals surface area (Å²) in [5, 5.41) is 0. The molecule has 2 aromatic rings. The van der Waals surface area contributed by atoms with Gasteiger partial charge in [-0.3, -0.25) is 0 Å². The average molecular weight is 322 g/mol. The molecular formula is C15H16BrNS. The molecule has 1 unspecified atom stereocenters. The second-order valence-electron chi connectivity index (χ2n) is 4.91. The molecule has 1 nitrogen and oxygen atoms in total. The lowest BCUT2D eigenvalue weighted by atomic mass is 9.80. The van der Waals surface area contributed by atoms with Gasteiger partial charge < -0.3 is 5.73 Å². The van der Waals surface area contributed by atoms with Gasteiger partial charge in [0.1, 0.15) is 0 Å². The fourth-order valence-corrected chi connectivity index (χ4v) is 3.83. The maximum absolute atomic E-state index is 6.29. The zero-order valence-corrected chi connectivity index (χ0v) is 12.5. The van der Waals surface area contributed by atoms with Crippen molar-refractivity contribution in [3.8, 4) is 0 Å². The van der Waals surface area contributed by atoms with Crippen LogP contribution in [0.3, 0.4) is 0 Å². The molecule has 0 aliphatic heterocycles. The van der Waals surface area contributed by atoms with Gasteiger partial charge in [0.15, 0.2) is 0 Å². The van der Waals surface area contributed by atoms with Gasteiger partial charge in [0.25, 0.3) is 0 Å². The summed E-state index contributed by atoms with van der Waals surface area (Å²) in [5.74, 6) is 0.797. The van der Waals surface area contributed by atoms with Crippen molar-refractivity contribution in [3.63, 3.8) is 0 Å². The fraction of sp³-hybridized carbons (Fsp3) is 0.333. The number of halogens is 1. The van der Waals surface area contributed by atoms with Gasteiger partial charge in [-0.15, -0.1) is 11.3 Å². The molecule has 0 radical (unpaired) electrons. The SMILES string of the molecule is NC(c1ccc(C2CCC2)cc1)c1ccc(Br)s1. The van der Waals surface area contributed by atoms with Crippen molar-refractivity contribution in [1.29, 1.82) is 0 Å². The molecule has 1 aliphatic carbocycles. The molecule has 0 amide bonds. The Morgan fingerprint density at radius 2 is 1.83 bits per heavy atom. The highest BCUT2D eigenvalue weighted by atomic mass is 79.9. The Labute approximate surface area is 120 Å². The highest BCUT2D eigenvalue weighted by Crippen LogP contribution is 2.37. The Morgan fingerprint density at radius 3 is 2.33 bits per heavy atom. The van der Waals surface area contributed by atoms with Crippen LogP contribution in [0.15, 0.2) is 40.2 Å². The van der Waals surface area contributed by atoms with Crippen LogP contribution in [0.25, 0.3) is 0 Å². The van der Waals surface area contributed by atoms with E-state index in [-0.39, 0.29) is 6.04 Å². The first-order chi connectivity index (χ1) is 8.74. The molecule has 1 saturated carbocycles. The van der Waals surface area contributed by atoms with E-state index < -0.39 is 0 Å². The number of thiophene rings is 1. The van der Waals surface area contributed by atoms with Crippen LogP contribution in [0, 0.1) is 0 Å². The summed E-state index contributed by atoms with van der Waals surface area (Å²) < 4.78 is 1.14. The highest BCUT2D eigenvalue weighted by molar-refractivity contribution is 9.11. The second-order valence-corrected chi connectivity index (χ2v) is 7.41. The lowest BCUT2D eigenvalue weighted by Crippen LogP contribution is -2.12. The van der Waals surface area contributed by atoms with Crippen LogP contribution < -0.4 is 5.73 Å². The maximum Gasteiger partial charge on any atom is 0.0702 e. The van der Waals surface area contributed by atoms with Gasteiger partial charge in [-0.05, 0) is 57.9 Å². The number of hydrogen-bond donors (Lipinski definition) is 1. The Hall–Kier alpha value is -0.640. The molecule has 1 aromatic carbocycles. The molecule has 1 fully saturated rings. The highest BCUT2D eigenvalue weighted by Gasteiger charge is 2.19. The minimum Gasteiger partial charge on any atom is -0.320 e. The van der Waals surface area contributed by atoms with Crippen molar-refractivity contribution in [2.45, 2.75) is 31.2 Å². The van der Waals surface area contributed by atoms with E-state index in [0.29, 0.717) is 0 Å². The topological polar surface area (TPSA) is 26.0 Å². The molecule has 1 atom stereocenters. The smallest absolute Gasteiger partial charge is 0.0702 e. The molecule has 18 heavy (non-hydrogen) atoms. The summed E-state index contributed by atoms with van der Waals surface area (Å²) >= 11 is 5.19. The molecule has 2 N–H and O–H groups in total. The lowest BCUT2D eigenvalue weighted by molar-refractivity contribution is 0.419. The Bertz CT molecular complexity index is 528. The molecule has 94 valence electrons. The minimum atomic E-state index is -0.00302. The first-order valence-electron chi connectivity index (χ1n) is 6.35. The van der Waals surface area contributed by atoms with Crippen molar-refractivity contribution in [3.05, 3.63) is 56.2 Å². The molecule has 1 heterocycles. The van der Waals surface area contributed by atoms with Crippen LogP contribution in [0.1, 0.15) is 47.2 Å². The first kappa shape index (κ1) is 12.4. The molecule has 1 aliphatic rings. The van der Waals surface area contributed by atoms with Crippen molar-refractivity contribution in [1.82, 2.24) is 0 Å². The van der Waals surface area contributed by atoms with Gasteiger partial charge in [0.2, 0.25) is 0 Å². The molecule has 3 heteroatoms. The summed E-state index contributed by atoms with van der Waals surface area (Å²) in [6, 6.07) is 13.0.